The molecule has 1 aliphatic rings. The van der Waals surface area contributed by atoms with Crippen LogP contribution in [0.25, 0.3) is 0 Å². The molecule has 1 saturated heterocycles. The van der Waals surface area contributed by atoms with Crippen molar-refractivity contribution in [1.29, 1.82) is 0 Å². The highest BCUT2D eigenvalue weighted by molar-refractivity contribution is 5.77. The van der Waals surface area contributed by atoms with Crippen LogP contribution in [0.3, 0.4) is 0 Å². The van der Waals surface area contributed by atoms with Gasteiger partial charge in [0.2, 0.25) is 0 Å². The van der Waals surface area contributed by atoms with E-state index in [1.165, 1.54) is 7.11 Å². The van der Waals surface area contributed by atoms with Crippen LogP contribution in [0.1, 0.15) is 57.4 Å². The molecule has 0 aliphatic carbocycles. The molecule has 0 radical (unpaired) electrons. The number of nitrogens with one attached hydrogen (secondary N) is 1. The number of carbonyl (C=O) groups is 1. The second-order valence-electron chi connectivity index (χ2n) is 8.10. The maximum absolute atomic E-state index is 11.4. The molecular weight excluding hydrogens is 408 g/mol. The van der Waals surface area contributed by atoms with Crippen molar-refractivity contribution >= 4 is 23.0 Å². The Balaban J connectivity index is 1.99. The zero-order valence-corrected chi connectivity index (χ0v) is 19.2. The van der Waals surface area contributed by atoms with E-state index in [4.69, 9.17) is 9.47 Å². The third kappa shape index (κ3) is 6.09. The quantitative estimate of drug-likeness (QED) is 0.521. The molecule has 2 N–H and O–H groups in total. The van der Waals surface area contributed by atoms with Crippen molar-refractivity contribution in [2.45, 2.75) is 57.9 Å². The van der Waals surface area contributed by atoms with Crippen LogP contribution in [-0.4, -0.2) is 54.0 Å². The lowest BCUT2D eigenvalue weighted by atomic mass is 9.92. The fourth-order valence-corrected chi connectivity index (χ4v) is 4.25. The van der Waals surface area contributed by atoms with E-state index in [1.54, 1.807) is 12.4 Å². The monoisotopic (exact) mass is 442 g/mol. The third-order valence-electron chi connectivity index (χ3n) is 5.90. The lowest BCUT2D eigenvalue weighted by Gasteiger charge is -2.37. The molecule has 174 valence electrons. The molecule has 1 aromatic carbocycles. The van der Waals surface area contributed by atoms with Gasteiger partial charge in [-0.1, -0.05) is 19.9 Å². The van der Waals surface area contributed by atoms with E-state index in [-0.39, 0.29) is 12.3 Å². The molecule has 8 nitrogen and oxygen atoms in total. The van der Waals surface area contributed by atoms with E-state index in [0.29, 0.717) is 12.1 Å². The standard InChI is InChI=1S/C24H34N4O4/c1-4-10-28(20-8-11-32-12-9-20)22-7-6-18(17(5-2)14-23(29)30)13-21(22)27-19-15-25-24(31-3)26-16-19/h6-7,13,15-17,20,27H,4-5,8-12,14H2,1-3H3,(H,29,30). The van der Waals surface area contributed by atoms with Gasteiger partial charge in [-0.3, -0.25) is 4.79 Å². The number of hydrogen-bond acceptors (Lipinski definition) is 7. The largest absolute Gasteiger partial charge is 0.481 e. The molecule has 2 aromatic rings. The van der Waals surface area contributed by atoms with Crippen molar-refractivity contribution in [3.63, 3.8) is 0 Å². The van der Waals surface area contributed by atoms with Gasteiger partial charge in [0.1, 0.15) is 0 Å². The Morgan fingerprint density at radius 1 is 1.28 bits per heavy atom. The predicted octanol–water partition coefficient (Wildman–Crippen LogP) is 4.59. The number of carboxylic acids is 1. The van der Waals surface area contributed by atoms with E-state index in [0.717, 1.165) is 68.1 Å². The Morgan fingerprint density at radius 3 is 2.59 bits per heavy atom. The summed E-state index contributed by atoms with van der Waals surface area (Å²) in [5.41, 5.74) is 3.79. The van der Waals surface area contributed by atoms with Crippen LogP contribution in [0.5, 0.6) is 6.01 Å². The molecule has 32 heavy (non-hydrogen) atoms. The summed E-state index contributed by atoms with van der Waals surface area (Å²) in [6.07, 6.45) is 7.26. The molecule has 0 bridgehead atoms. The van der Waals surface area contributed by atoms with Crippen LogP contribution in [0.15, 0.2) is 30.6 Å². The molecule has 0 saturated carbocycles. The Labute approximate surface area is 190 Å². The van der Waals surface area contributed by atoms with Gasteiger partial charge in [0.15, 0.2) is 0 Å². The number of aliphatic carboxylic acids is 1. The van der Waals surface area contributed by atoms with E-state index in [9.17, 15) is 9.90 Å². The molecule has 1 unspecified atom stereocenters. The normalized spacial score (nSPS) is 15.2. The molecule has 1 aromatic heterocycles. The van der Waals surface area contributed by atoms with Crippen LogP contribution in [0, 0.1) is 0 Å². The summed E-state index contributed by atoms with van der Waals surface area (Å²) < 4.78 is 10.7. The zero-order valence-electron chi connectivity index (χ0n) is 19.2. The SMILES string of the molecule is CCCN(c1ccc(C(CC)CC(=O)O)cc1Nc1cnc(OC)nc1)C1CCOCC1. The maximum Gasteiger partial charge on any atom is 0.316 e. The van der Waals surface area contributed by atoms with Crippen molar-refractivity contribution in [3.05, 3.63) is 36.2 Å². The van der Waals surface area contributed by atoms with E-state index in [1.807, 2.05) is 6.92 Å². The van der Waals surface area contributed by atoms with Gasteiger partial charge in [-0.25, -0.2) is 9.97 Å². The number of carboxylic acid groups (broad SMARTS) is 1. The first-order valence-corrected chi connectivity index (χ1v) is 11.4. The number of anilines is 3. The van der Waals surface area contributed by atoms with Crippen molar-refractivity contribution in [2.24, 2.45) is 0 Å². The first-order valence-electron chi connectivity index (χ1n) is 11.4. The number of rotatable bonds is 11. The van der Waals surface area contributed by atoms with Crippen LogP contribution in [0.4, 0.5) is 17.1 Å². The van der Waals surface area contributed by atoms with Crippen molar-refractivity contribution in [2.75, 3.05) is 37.1 Å². The van der Waals surface area contributed by atoms with Crippen LogP contribution in [0.2, 0.25) is 0 Å². The second-order valence-corrected chi connectivity index (χ2v) is 8.10. The summed E-state index contributed by atoms with van der Waals surface area (Å²) in [5, 5.41) is 12.8. The summed E-state index contributed by atoms with van der Waals surface area (Å²) >= 11 is 0. The highest BCUT2D eigenvalue weighted by atomic mass is 16.5. The summed E-state index contributed by atoms with van der Waals surface area (Å²) in [5.74, 6) is -0.828. The summed E-state index contributed by atoms with van der Waals surface area (Å²) in [4.78, 5) is 22.2. The number of ether oxygens (including phenoxy) is 2. The first-order chi connectivity index (χ1) is 15.5. The molecule has 1 fully saturated rings. The van der Waals surface area contributed by atoms with Gasteiger partial charge in [-0.05, 0) is 49.3 Å². The average molecular weight is 443 g/mol. The van der Waals surface area contributed by atoms with Crippen molar-refractivity contribution < 1.29 is 19.4 Å². The van der Waals surface area contributed by atoms with Gasteiger partial charge in [0.05, 0.1) is 43.0 Å². The highest BCUT2D eigenvalue weighted by Gasteiger charge is 2.24. The Kier molecular flexibility index (Phi) is 8.67. The number of nitrogens with zero attached hydrogens (tertiary/aromatic N) is 3. The van der Waals surface area contributed by atoms with Gasteiger partial charge in [0.25, 0.3) is 0 Å². The Hall–Kier alpha value is -2.87. The van der Waals surface area contributed by atoms with E-state index in [2.05, 4.69) is 45.3 Å². The van der Waals surface area contributed by atoms with E-state index < -0.39 is 5.97 Å². The minimum Gasteiger partial charge on any atom is -0.481 e. The Morgan fingerprint density at radius 2 is 2.00 bits per heavy atom. The highest BCUT2D eigenvalue weighted by Crippen LogP contribution is 2.36. The average Bonchev–Trinajstić information content (AvgIpc) is 2.82. The molecule has 0 spiro atoms. The Bertz CT molecular complexity index is 869. The lowest BCUT2D eigenvalue weighted by Crippen LogP contribution is -2.40. The third-order valence-corrected chi connectivity index (χ3v) is 5.90. The number of aromatic nitrogens is 2. The number of benzene rings is 1. The topological polar surface area (TPSA) is 96.8 Å². The lowest BCUT2D eigenvalue weighted by molar-refractivity contribution is -0.137. The van der Waals surface area contributed by atoms with Crippen LogP contribution in [-0.2, 0) is 9.53 Å². The summed E-state index contributed by atoms with van der Waals surface area (Å²) in [6.45, 7) is 6.69. The molecule has 2 heterocycles. The van der Waals surface area contributed by atoms with Crippen molar-refractivity contribution in [1.82, 2.24) is 9.97 Å². The van der Waals surface area contributed by atoms with Crippen LogP contribution < -0.4 is 15.0 Å². The smallest absolute Gasteiger partial charge is 0.316 e. The molecule has 1 aliphatic heterocycles. The van der Waals surface area contributed by atoms with Crippen LogP contribution >= 0.6 is 0 Å². The first kappa shape index (κ1) is 23.8. The zero-order chi connectivity index (χ0) is 22.9. The van der Waals surface area contributed by atoms with Gasteiger partial charge in [0, 0.05) is 25.8 Å². The molecule has 3 rings (SSSR count). The fourth-order valence-electron chi connectivity index (χ4n) is 4.25. The summed E-state index contributed by atoms with van der Waals surface area (Å²) in [6, 6.07) is 7.00. The maximum atomic E-state index is 11.4. The van der Waals surface area contributed by atoms with Gasteiger partial charge < -0.3 is 24.8 Å². The molecule has 8 heteroatoms. The van der Waals surface area contributed by atoms with Crippen molar-refractivity contribution in [3.8, 4) is 6.01 Å². The minimum atomic E-state index is -0.784. The van der Waals surface area contributed by atoms with Gasteiger partial charge in [-0.15, -0.1) is 0 Å². The number of hydrogen-bond donors (Lipinski definition) is 2. The van der Waals surface area contributed by atoms with E-state index >= 15 is 0 Å². The second kappa shape index (κ2) is 11.7. The van der Waals surface area contributed by atoms with Gasteiger partial charge >= 0.3 is 12.0 Å². The molecular formula is C24H34N4O4. The summed E-state index contributed by atoms with van der Waals surface area (Å²) in [7, 11) is 1.54. The predicted molar refractivity (Wildman–Crippen MR) is 125 cm³/mol. The van der Waals surface area contributed by atoms with Gasteiger partial charge in [-0.2, -0.15) is 0 Å². The number of methoxy groups -OCH3 is 1. The molecule has 1 atom stereocenters. The fraction of sp³-hybridized carbons (Fsp3) is 0.542. The molecule has 0 amide bonds. The minimum absolute atomic E-state index is 0.0445.